The maximum atomic E-state index is 12.4. The summed E-state index contributed by atoms with van der Waals surface area (Å²) in [6.07, 6.45) is 2.73. The zero-order valence-electron chi connectivity index (χ0n) is 16.6. The van der Waals surface area contributed by atoms with Gasteiger partial charge in [0.15, 0.2) is 0 Å². The number of nitrogens with one attached hydrogen (secondary N) is 2. The number of carbonyl (C=O) groups is 2. The Hall–Kier alpha value is -2.42. The van der Waals surface area contributed by atoms with Crippen molar-refractivity contribution in [3.8, 4) is 0 Å². The van der Waals surface area contributed by atoms with Gasteiger partial charge in [-0.1, -0.05) is 0 Å². The summed E-state index contributed by atoms with van der Waals surface area (Å²) in [6, 6.07) is 0. The van der Waals surface area contributed by atoms with Gasteiger partial charge >= 0.3 is 6.09 Å². The monoisotopic (exact) mass is 405 g/mol. The summed E-state index contributed by atoms with van der Waals surface area (Å²) in [5.74, 6) is 1.01. The molecule has 0 atom stereocenters. The highest BCUT2D eigenvalue weighted by Crippen LogP contribution is 2.35. The van der Waals surface area contributed by atoms with Crippen LogP contribution in [0.4, 0.5) is 10.6 Å². The van der Waals surface area contributed by atoms with Crippen molar-refractivity contribution < 1.29 is 14.3 Å². The van der Waals surface area contributed by atoms with Crippen LogP contribution in [-0.2, 0) is 9.53 Å². The molecule has 0 unspecified atom stereocenters. The van der Waals surface area contributed by atoms with Crippen LogP contribution in [0.5, 0.6) is 0 Å². The Bertz CT molecular complexity index is 845. The van der Waals surface area contributed by atoms with Crippen LogP contribution < -0.4 is 15.5 Å². The number of ether oxygens (including phenoxy) is 1. The van der Waals surface area contributed by atoms with Gasteiger partial charge in [0, 0.05) is 37.0 Å². The van der Waals surface area contributed by atoms with E-state index in [2.05, 4.69) is 39.3 Å². The van der Waals surface area contributed by atoms with E-state index in [1.165, 1.54) is 10.4 Å². The Balaban J connectivity index is 1.51. The van der Waals surface area contributed by atoms with E-state index in [1.807, 2.05) is 0 Å². The van der Waals surface area contributed by atoms with Gasteiger partial charge in [0.25, 0.3) is 0 Å². The molecule has 1 aliphatic heterocycles. The second-order valence-corrected chi connectivity index (χ2v) is 8.06. The van der Waals surface area contributed by atoms with E-state index in [0.717, 1.165) is 42.0 Å². The van der Waals surface area contributed by atoms with Crippen molar-refractivity contribution in [2.24, 2.45) is 5.92 Å². The van der Waals surface area contributed by atoms with Crippen molar-refractivity contribution in [2.75, 3.05) is 37.7 Å². The van der Waals surface area contributed by atoms with Crippen LogP contribution in [0.25, 0.3) is 10.2 Å². The van der Waals surface area contributed by atoms with E-state index >= 15 is 0 Å². The van der Waals surface area contributed by atoms with Gasteiger partial charge in [0.2, 0.25) is 5.91 Å². The predicted octanol–water partition coefficient (Wildman–Crippen LogP) is 2.39. The molecule has 0 aromatic carbocycles. The summed E-state index contributed by atoms with van der Waals surface area (Å²) in [6.45, 7) is 8.65. The fourth-order valence-corrected chi connectivity index (χ4v) is 4.43. The van der Waals surface area contributed by atoms with Crippen LogP contribution in [0.15, 0.2) is 6.33 Å². The molecule has 152 valence electrons. The van der Waals surface area contributed by atoms with Crippen LogP contribution in [0, 0.1) is 19.8 Å². The molecule has 0 saturated carbocycles. The van der Waals surface area contributed by atoms with E-state index in [4.69, 9.17) is 4.74 Å². The molecule has 3 rings (SSSR count). The minimum absolute atomic E-state index is 0.0125. The number of aryl methyl sites for hydroxylation is 2. The maximum absolute atomic E-state index is 12.4. The standard InChI is InChI=1S/C19H27N5O3S/c1-4-27-19(26)21-8-7-20-17(25)14-5-9-24(10-6-14)16-15-12(2)13(3)28-18(15)23-11-22-16/h11,14H,4-10H2,1-3H3,(H,20,25)(H,21,26). The molecular weight excluding hydrogens is 378 g/mol. The number of amides is 2. The quantitative estimate of drug-likeness (QED) is 0.717. The highest BCUT2D eigenvalue weighted by molar-refractivity contribution is 7.18. The first kappa shape index (κ1) is 20.3. The van der Waals surface area contributed by atoms with E-state index in [1.54, 1.807) is 24.6 Å². The highest BCUT2D eigenvalue weighted by atomic mass is 32.1. The topological polar surface area (TPSA) is 96.5 Å². The molecule has 8 nitrogen and oxygen atoms in total. The van der Waals surface area contributed by atoms with Crippen LogP contribution in [0.2, 0.25) is 0 Å². The molecule has 1 aliphatic rings. The third-order valence-electron chi connectivity index (χ3n) is 5.08. The van der Waals surface area contributed by atoms with Crippen LogP contribution in [0.1, 0.15) is 30.2 Å². The third kappa shape index (κ3) is 4.52. The van der Waals surface area contributed by atoms with Gasteiger partial charge in [-0.2, -0.15) is 0 Å². The lowest BCUT2D eigenvalue weighted by atomic mass is 9.95. The first-order valence-corrected chi connectivity index (χ1v) is 10.5. The zero-order valence-corrected chi connectivity index (χ0v) is 17.4. The number of fused-ring (bicyclic) bond motifs is 1. The molecule has 28 heavy (non-hydrogen) atoms. The number of thiophene rings is 1. The maximum Gasteiger partial charge on any atom is 0.407 e. The number of nitrogens with zero attached hydrogens (tertiary/aromatic N) is 3. The molecule has 0 radical (unpaired) electrons. The Morgan fingerprint density at radius 2 is 1.93 bits per heavy atom. The van der Waals surface area contributed by atoms with Gasteiger partial charge < -0.3 is 20.3 Å². The number of rotatable bonds is 6. The van der Waals surface area contributed by atoms with Crippen LogP contribution in [-0.4, -0.2) is 54.8 Å². The molecule has 0 bridgehead atoms. The first-order chi connectivity index (χ1) is 13.5. The smallest absolute Gasteiger partial charge is 0.407 e. The second-order valence-electron chi connectivity index (χ2n) is 6.86. The van der Waals surface area contributed by atoms with Crippen molar-refractivity contribution in [3.63, 3.8) is 0 Å². The number of aromatic nitrogens is 2. The Morgan fingerprint density at radius 1 is 1.21 bits per heavy atom. The summed E-state index contributed by atoms with van der Waals surface area (Å²) in [7, 11) is 0. The molecule has 3 heterocycles. The number of hydrogen-bond donors (Lipinski definition) is 2. The van der Waals surface area contributed by atoms with Crippen molar-refractivity contribution in [3.05, 3.63) is 16.8 Å². The van der Waals surface area contributed by atoms with Gasteiger partial charge in [0.05, 0.1) is 12.0 Å². The average molecular weight is 406 g/mol. The third-order valence-corrected chi connectivity index (χ3v) is 6.19. The molecular formula is C19H27N5O3S. The largest absolute Gasteiger partial charge is 0.450 e. The molecule has 2 amide bonds. The van der Waals surface area contributed by atoms with Gasteiger partial charge in [-0.15, -0.1) is 11.3 Å². The normalized spacial score (nSPS) is 14.9. The number of piperidine rings is 1. The zero-order chi connectivity index (χ0) is 20.1. The summed E-state index contributed by atoms with van der Waals surface area (Å²) in [4.78, 5) is 37.1. The van der Waals surface area contributed by atoms with Crippen molar-refractivity contribution in [1.82, 2.24) is 20.6 Å². The molecule has 9 heteroatoms. The summed E-state index contributed by atoms with van der Waals surface area (Å²) >= 11 is 1.70. The van der Waals surface area contributed by atoms with E-state index in [-0.39, 0.29) is 11.8 Å². The Morgan fingerprint density at radius 3 is 2.64 bits per heavy atom. The molecule has 2 aromatic heterocycles. The second kappa shape index (κ2) is 9.18. The fraction of sp³-hybridized carbons (Fsp3) is 0.579. The molecule has 0 spiro atoms. The van der Waals surface area contributed by atoms with Crippen molar-refractivity contribution in [1.29, 1.82) is 0 Å². The minimum atomic E-state index is -0.458. The van der Waals surface area contributed by atoms with Gasteiger partial charge in [-0.25, -0.2) is 14.8 Å². The molecule has 1 fully saturated rings. The molecule has 1 saturated heterocycles. The fourth-order valence-electron chi connectivity index (χ4n) is 3.43. The number of anilines is 1. The van der Waals surface area contributed by atoms with Gasteiger partial charge in [-0.05, 0) is 39.2 Å². The highest BCUT2D eigenvalue weighted by Gasteiger charge is 2.27. The minimum Gasteiger partial charge on any atom is -0.450 e. The lowest BCUT2D eigenvalue weighted by molar-refractivity contribution is -0.125. The van der Waals surface area contributed by atoms with Crippen molar-refractivity contribution in [2.45, 2.75) is 33.6 Å². The molecule has 2 N–H and O–H groups in total. The summed E-state index contributed by atoms with van der Waals surface area (Å²) < 4.78 is 4.78. The van der Waals surface area contributed by atoms with Gasteiger partial charge in [-0.3, -0.25) is 4.79 Å². The first-order valence-electron chi connectivity index (χ1n) is 9.65. The molecule has 2 aromatic rings. The average Bonchev–Trinajstić information content (AvgIpc) is 2.99. The Kier molecular flexibility index (Phi) is 6.66. The van der Waals surface area contributed by atoms with E-state index < -0.39 is 6.09 Å². The summed E-state index contributed by atoms with van der Waals surface area (Å²) in [5.41, 5.74) is 1.24. The van der Waals surface area contributed by atoms with Crippen LogP contribution in [0.3, 0.4) is 0 Å². The van der Waals surface area contributed by atoms with Crippen LogP contribution >= 0.6 is 11.3 Å². The SMILES string of the molecule is CCOC(=O)NCCNC(=O)C1CCN(c2ncnc3sc(C)c(C)c23)CC1. The molecule has 0 aliphatic carbocycles. The number of hydrogen-bond acceptors (Lipinski definition) is 7. The lowest BCUT2D eigenvalue weighted by Crippen LogP contribution is -2.43. The van der Waals surface area contributed by atoms with E-state index in [0.29, 0.717) is 19.7 Å². The summed E-state index contributed by atoms with van der Waals surface area (Å²) in [5, 5.41) is 6.63. The predicted molar refractivity (Wildman–Crippen MR) is 110 cm³/mol. The number of alkyl carbamates (subject to hydrolysis) is 1. The van der Waals surface area contributed by atoms with E-state index in [9.17, 15) is 9.59 Å². The lowest BCUT2D eigenvalue weighted by Gasteiger charge is -2.32. The van der Waals surface area contributed by atoms with Gasteiger partial charge in [0.1, 0.15) is 17.0 Å². The number of carbonyl (C=O) groups excluding carboxylic acids is 2. The Labute approximate surface area is 168 Å². The van der Waals surface area contributed by atoms with Crippen molar-refractivity contribution >= 4 is 39.4 Å².